The van der Waals surface area contributed by atoms with Crippen LogP contribution in [0.1, 0.15) is 19.3 Å². The summed E-state index contributed by atoms with van der Waals surface area (Å²) in [4.78, 5) is 22.0. The molecule has 0 atom stereocenters. The first-order valence-electron chi connectivity index (χ1n) is 5.00. The van der Waals surface area contributed by atoms with E-state index in [4.69, 9.17) is 5.21 Å². The lowest BCUT2D eigenvalue weighted by Gasteiger charge is -2.04. The van der Waals surface area contributed by atoms with E-state index >= 15 is 0 Å². The maximum Gasteiger partial charge on any atom is 0.243 e. The first kappa shape index (κ1) is 12.2. The summed E-state index contributed by atoms with van der Waals surface area (Å²) in [5.74, 6) is -0.621. The van der Waals surface area contributed by atoms with Crippen molar-refractivity contribution in [1.29, 1.82) is 0 Å². The number of para-hydroxylation sites is 1. The Morgan fingerprint density at radius 3 is 2.31 bits per heavy atom. The van der Waals surface area contributed by atoms with Crippen molar-refractivity contribution in [3.63, 3.8) is 0 Å². The largest absolute Gasteiger partial charge is 0.326 e. The third kappa shape index (κ3) is 4.56. The molecule has 0 saturated carbocycles. The van der Waals surface area contributed by atoms with Crippen LogP contribution in [0.25, 0.3) is 0 Å². The Morgan fingerprint density at radius 1 is 1.06 bits per heavy atom. The van der Waals surface area contributed by atoms with E-state index in [0.29, 0.717) is 6.42 Å². The van der Waals surface area contributed by atoms with Gasteiger partial charge in [0.2, 0.25) is 11.8 Å². The Bertz CT molecular complexity index is 352. The lowest BCUT2D eigenvalue weighted by Crippen LogP contribution is -2.19. The summed E-state index contributed by atoms with van der Waals surface area (Å²) in [6, 6.07) is 9.10. The van der Waals surface area contributed by atoms with Crippen molar-refractivity contribution in [2.24, 2.45) is 0 Å². The molecule has 16 heavy (non-hydrogen) atoms. The van der Waals surface area contributed by atoms with Gasteiger partial charge in [-0.05, 0) is 18.6 Å². The quantitative estimate of drug-likeness (QED) is 0.519. The predicted molar refractivity (Wildman–Crippen MR) is 58.9 cm³/mol. The second-order valence-electron chi connectivity index (χ2n) is 3.30. The molecule has 0 heterocycles. The molecule has 86 valence electrons. The molecule has 0 aliphatic rings. The zero-order valence-electron chi connectivity index (χ0n) is 8.77. The highest BCUT2D eigenvalue weighted by atomic mass is 16.5. The zero-order chi connectivity index (χ0) is 11.8. The zero-order valence-corrected chi connectivity index (χ0v) is 8.77. The van der Waals surface area contributed by atoms with E-state index in [1.807, 2.05) is 18.2 Å². The molecule has 0 saturated heterocycles. The molecule has 0 bridgehead atoms. The van der Waals surface area contributed by atoms with E-state index < -0.39 is 5.91 Å². The number of amides is 2. The number of hydroxylamine groups is 1. The normalized spacial score (nSPS) is 9.56. The van der Waals surface area contributed by atoms with Crippen LogP contribution in [0.4, 0.5) is 5.69 Å². The van der Waals surface area contributed by atoms with Crippen molar-refractivity contribution in [2.45, 2.75) is 19.3 Å². The van der Waals surface area contributed by atoms with Gasteiger partial charge in [0.15, 0.2) is 0 Å². The molecular formula is C11H14N2O3. The number of nitrogens with one attached hydrogen (secondary N) is 2. The molecule has 1 rings (SSSR count). The van der Waals surface area contributed by atoms with E-state index in [-0.39, 0.29) is 18.7 Å². The molecule has 3 N–H and O–H groups in total. The fourth-order valence-corrected chi connectivity index (χ4v) is 1.21. The van der Waals surface area contributed by atoms with Crippen LogP contribution in [-0.4, -0.2) is 17.0 Å². The number of anilines is 1. The first-order chi connectivity index (χ1) is 7.72. The van der Waals surface area contributed by atoms with Gasteiger partial charge in [-0.3, -0.25) is 14.8 Å². The van der Waals surface area contributed by atoms with Gasteiger partial charge in [0.05, 0.1) is 0 Å². The van der Waals surface area contributed by atoms with Crippen molar-refractivity contribution < 1.29 is 14.8 Å². The van der Waals surface area contributed by atoms with Crippen LogP contribution in [0, 0.1) is 0 Å². The summed E-state index contributed by atoms with van der Waals surface area (Å²) in [5.41, 5.74) is 2.25. The Labute approximate surface area is 93.4 Å². The molecular weight excluding hydrogens is 208 g/mol. The van der Waals surface area contributed by atoms with Gasteiger partial charge in [-0.1, -0.05) is 18.2 Å². The average molecular weight is 222 g/mol. The van der Waals surface area contributed by atoms with Crippen LogP contribution >= 0.6 is 0 Å². The average Bonchev–Trinajstić information content (AvgIpc) is 2.30. The van der Waals surface area contributed by atoms with E-state index in [1.54, 1.807) is 12.1 Å². The van der Waals surface area contributed by atoms with E-state index in [2.05, 4.69) is 5.32 Å². The van der Waals surface area contributed by atoms with Crippen molar-refractivity contribution >= 4 is 17.5 Å². The number of benzene rings is 1. The first-order valence-corrected chi connectivity index (χ1v) is 5.00. The molecule has 0 aliphatic carbocycles. The standard InChI is InChI=1S/C11H14N2O3/c14-10(7-4-8-11(15)13-16)12-9-5-2-1-3-6-9/h1-3,5-6,16H,4,7-8H2,(H,12,14)(H,13,15). The molecule has 1 aromatic carbocycles. The molecule has 5 heteroatoms. The number of hydrogen-bond donors (Lipinski definition) is 3. The lowest BCUT2D eigenvalue weighted by molar-refractivity contribution is -0.129. The van der Waals surface area contributed by atoms with Crippen molar-refractivity contribution in [3.05, 3.63) is 30.3 Å². The van der Waals surface area contributed by atoms with Crippen molar-refractivity contribution in [2.75, 3.05) is 5.32 Å². The minimum Gasteiger partial charge on any atom is -0.326 e. The minimum atomic E-state index is -0.479. The van der Waals surface area contributed by atoms with Crippen LogP contribution in [0.15, 0.2) is 30.3 Å². The summed E-state index contributed by atoms with van der Waals surface area (Å²) >= 11 is 0. The van der Waals surface area contributed by atoms with E-state index in [1.165, 1.54) is 5.48 Å². The number of rotatable bonds is 5. The van der Waals surface area contributed by atoms with Gasteiger partial charge in [0.1, 0.15) is 0 Å². The summed E-state index contributed by atoms with van der Waals surface area (Å²) in [7, 11) is 0. The highest BCUT2D eigenvalue weighted by Gasteiger charge is 2.04. The third-order valence-corrected chi connectivity index (χ3v) is 1.99. The van der Waals surface area contributed by atoms with Gasteiger partial charge in [-0.2, -0.15) is 0 Å². The van der Waals surface area contributed by atoms with Gasteiger partial charge in [0.25, 0.3) is 0 Å². The van der Waals surface area contributed by atoms with Crippen LogP contribution in [-0.2, 0) is 9.59 Å². The van der Waals surface area contributed by atoms with Crippen LogP contribution in [0.5, 0.6) is 0 Å². The molecule has 2 amide bonds. The second-order valence-corrected chi connectivity index (χ2v) is 3.30. The Kier molecular flexibility index (Phi) is 5.01. The predicted octanol–water partition coefficient (Wildman–Crippen LogP) is 1.30. The Hall–Kier alpha value is -1.88. The molecule has 0 aromatic heterocycles. The Morgan fingerprint density at radius 2 is 1.69 bits per heavy atom. The smallest absolute Gasteiger partial charge is 0.243 e. The van der Waals surface area contributed by atoms with Gasteiger partial charge in [-0.15, -0.1) is 0 Å². The molecule has 1 aromatic rings. The van der Waals surface area contributed by atoms with Crippen molar-refractivity contribution in [3.8, 4) is 0 Å². The molecule has 5 nitrogen and oxygen atoms in total. The second kappa shape index (κ2) is 6.58. The van der Waals surface area contributed by atoms with E-state index in [0.717, 1.165) is 5.69 Å². The highest BCUT2D eigenvalue weighted by Crippen LogP contribution is 2.06. The molecule has 0 fully saturated rings. The maximum absolute atomic E-state index is 11.4. The van der Waals surface area contributed by atoms with E-state index in [9.17, 15) is 9.59 Å². The minimum absolute atomic E-state index is 0.138. The monoisotopic (exact) mass is 222 g/mol. The summed E-state index contributed by atoms with van der Waals surface area (Å²) < 4.78 is 0. The van der Waals surface area contributed by atoms with Crippen LogP contribution in [0.3, 0.4) is 0 Å². The van der Waals surface area contributed by atoms with Gasteiger partial charge < -0.3 is 5.32 Å². The number of carbonyl (C=O) groups excluding carboxylic acids is 2. The third-order valence-electron chi connectivity index (χ3n) is 1.99. The van der Waals surface area contributed by atoms with Gasteiger partial charge in [-0.25, -0.2) is 5.48 Å². The fourth-order valence-electron chi connectivity index (χ4n) is 1.21. The molecule has 0 spiro atoms. The SMILES string of the molecule is O=C(CCCC(=O)Nc1ccccc1)NO. The van der Waals surface area contributed by atoms with Crippen molar-refractivity contribution in [1.82, 2.24) is 5.48 Å². The van der Waals surface area contributed by atoms with Gasteiger partial charge in [0, 0.05) is 18.5 Å². The Balaban J connectivity index is 2.24. The van der Waals surface area contributed by atoms with Gasteiger partial charge >= 0.3 is 0 Å². The molecule has 0 radical (unpaired) electrons. The fraction of sp³-hybridized carbons (Fsp3) is 0.273. The summed E-state index contributed by atoms with van der Waals surface area (Å²) in [5, 5.41) is 10.9. The maximum atomic E-state index is 11.4. The topological polar surface area (TPSA) is 78.4 Å². The summed E-state index contributed by atoms with van der Waals surface area (Å²) in [6.07, 6.45) is 0.798. The number of hydrogen-bond acceptors (Lipinski definition) is 3. The molecule has 0 aliphatic heterocycles. The van der Waals surface area contributed by atoms with Crippen LogP contribution < -0.4 is 10.8 Å². The lowest BCUT2D eigenvalue weighted by atomic mass is 10.2. The van der Waals surface area contributed by atoms with Crippen LogP contribution in [0.2, 0.25) is 0 Å². The highest BCUT2D eigenvalue weighted by molar-refractivity contribution is 5.90. The number of carbonyl (C=O) groups is 2. The summed E-state index contributed by atoms with van der Waals surface area (Å²) in [6.45, 7) is 0. The molecule has 0 unspecified atom stereocenters.